The molecule has 0 aliphatic heterocycles. The molecule has 0 unspecified atom stereocenters. The molecule has 0 atom stereocenters. The van der Waals surface area contributed by atoms with Crippen LogP contribution in [-0.4, -0.2) is 8.42 Å². The zero-order valence-electron chi connectivity index (χ0n) is 14.2. The summed E-state index contributed by atoms with van der Waals surface area (Å²) in [6.07, 6.45) is 2.40. The zero-order chi connectivity index (χ0) is 17.5. The second kappa shape index (κ2) is 5.97. The molecule has 0 aromatic heterocycles. The highest BCUT2D eigenvalue weighted by Crippen LogP contribution is 2.42. The fraction of sp³-hybridized carbons (Fsp3) is 0.368. The van der Waals surface area contributed by atoms with E-state index in [0.29, 0.717) is 4.90 Å². The van der Waals surface area contributed by atoms with E-state index in [1.54, 1.807) is 12.1 Å². The summed E-state index contributed by atoms with van der Waals surface area (Å²) in [5, 5.41) is 0. The van der Waals surface area contributed by atoms with Crippen molar-refractivity contribution < 1.29 is 12.8 Å². The first-order chi connectivity index (χ1) is 11.2. The zero-order valence-corrected chi connectivity index (χ0v) is 15.0. The molecule has 2 aromatic carbocycles. The average molecular weight is 347 g/mol. The minimum Gasteiger partial charge on any atom is -0.207 e. The Morgan fingerprint density at radius 3 is 2.00 bits per heavy atom. The number of benzene rings is 2. The van der Waals surface area contributed by atoms with Crippen molar-refractivity contribution in [1.82, 2.24) is 4.72 Å². The maximum Gasteiger partial charge on any atom is 0.241 e. The Labute approximate surface area is 143 Å². The van der Waals surface area contributed by atoms with Crippen LogP contribution < -0.4 is 4.72 Å². The lowest BCUT2D eigenvalue weighted by Crippen LogP contribution is -2.50. The first kappa shape index (κ1) is 17.1. The van der Waals surface area contributed by atoms with Crippen molar-refractivity contribution in [3.05, 3.63) is 64.5 Å². The number of sulfonamides is 1. The third kappa shape index (κ3) is 2.98. The van der Waals surface area contributed by atoms with Gasteiger partial charge in [-0.1, -0.05) is 29.8 Å². The molecule has 0 radical (unpaired) electrons. The largest absolute Gasteiger partial charge is 0.241 e. The summed E-state index contributed by atoms with van der Waals surface area (Å²) in [5.41, 5.74) is 2.72. The van der Waals surface area contributed by atoms with E-state index in [1.165, 1.54) is 12.1 Å². The van der Waals surface area contributed by atoms with E-state index in [0.717, 1.165) is 41.5 Å². The first-order valence-corrected chi connectivity index (χ1v) is 9.60. The fourth-order valence-electron chi connectivity index (χ4n) is 3.65. The van der Waals surface area contributed by atoms with E-state index in [4.69, 9.17) is 0 Å². The van der Waals surface area contributed by atoms with Gasteiger partial charge in [0.25, 0.3) is 0 Å². The van der Waals surface area contributed by atoms with Gasteiger partial charge in [-0.15, -0.1) is 0 Å². The molecule has 24 heavy (non-hydrogen) atoms. The Hall–Kier alpha value is -1.72. The third-order valence-electron chi connectivity index (χ3n) is 4.81. The van der Waals surface area contributed by atoms with Crippen LogP contribution in [0.4, 0.5) is 4.39 Å². The number of hydrogen-bond donors (Lipinski definition) is 1. The summed E-state index contributed by atoms with van der Waals surface area (Å²) in [5.74, 6) is -0.318. The van der Waals surface area contributed by atoms with Crippen LogP contribution in [-0.2, 0) is 15.6 Å². The molecule has 1 N–H and O–H groups in total. The molecule has 1 fully saturated rings. The van der Waals surface area contributed by atoms with Crippen LogP contribution in [0.3, 0.4) is 0 Å². The molecule has 1 saturated carbocycles. The number of halogens is 1. The normalized spacial score (nSPS) is 16.7. The highest BCUT2D eigenvalue weighted by molar-refractivity contribution is 7.89. The van der Waals surface area contributed by atoms with Crippen molar-refractivity contribution in [2.24, 2.45) is 0 Å². The lowest BCUT2D eigenvalue weighted by atomic mass is 9.73. The molecule has 3 nitrogen and oxygen atoms in total. The van der Waals surface area contributed by atoms with Gasteiger partial charge in [-0.2, -0.15) is 0 Å². The highest BCUT2D eigenvalue weighted by Gasteiger charge is 2.42. The Morgan fingerprint density at radius 2 is 1.54 bits per heavy atom. The predicted molar refractivity (Wildman–Crippen MR) is 92.9 cm³/mol. The summed E-state index contributed by atoms with van der Waals surface area (Å²) >= 11 is 0. The molecule has 1 aliphatic carbocycles. The van der Waals surface area contributed by atoms with Crippen LogP contribution in [0.1, 0.15) is 41.5 Å². The maximum absolute atomic E-state index is 13.2. The molecule has 0 heterocycles. The van der Waals surface area contributed by atoms with Gasteiger partial charge in [-0.25, -0.2) is 17.5 Å². The Balaban J connectivity index is 2.01. The maximum atomic E-state index is 13.2. The molecule has 0 saturated heterocycles. The van der Waals surface area contributed by atoms with Gasteiger partial charge in [0.05, 0.1) is 10.4 Å². The van der Waals surface area contributed by atoms with E-state index in [2.05, 4.69) is 4.72 Å². The van der Waals surface area contributed by atoms with Crippen LogP contribution in [0.2, 0.25) is 0 Å². The van der Waals surface area contributed by atoms with Crippen molar-refractivity contribution in [3.63, 3.8) is 0 Å². The number of rotatable bonds is 4. The Morgan fingerprint density at radius 1 is 1.00 bits per heavy atom. The quantitative estimate of drug-likeness (QED) is 0.905. The Kier molecular flexibility index (Phi) is 4.26. The summed E-state index contributed by atoms with van der Waals surface area (Å²) in [6, 6.07) is 9.87. The molecule has 3 rings (SSSR count). The average Bonchev–Trinajstić information content (AvgIpc) is 2.42. The van der Waals surface area contributed by atoms with Crippen LogP contribution in [0.25, 0.3) is 0 Å². The Bertz CT molecular complexity index is 846. The molecule has 128 valence electrons. The van der Waals surface area contributed by atoms with Gasteiger partial charge < -0.3 is 0 Å². The SMILES string of the molecule is Cc1cc(C)c(S(=O)(=O)NC2(c3ccc(F)cc3)CCC2)c(C)c1. The van der Waals surface area contributed by atoms with Crippen molar-refractivity contribution in [1.29, 1.82) is 0 Å². The topological polar surface area (TPSA) is 46.2 Å². The predicted octanol–water partition coefficient (Wildman–Crippen LogP) is 4.11. The van der Waals surface area contributed by atoms with Gasteiger partial charge in [0.2, 0.25) is 10.0 Å². The van der Waals surface area contributed by atoms with E-state index >= 15 is 0 Å². The number of aryl methyl sites for hydroxylation is 3. The van der Waals surface area contributed by atoms with Crippen LogP contribution >= 0.6 is 0 Å². The smallest absolute Gasteiger partial charge is 0.207 e. The highest BCUT2D eigenvalue weighted by atomic mass is 32.2. The van der Waals surface area contributed by atoms with Gasteiger partial charge >= 0.3 is 0 Å². The van der Waals surface area contributed by atoms with Crippen LogP contribution in [0, 0.1) is 26.6 Å². The number of nitrogens with one attached hydrogen (secondary N) is 1. The van der Waals surface area contributed by atoms with Gasteiger partial charge in [0.15, 0.2) is 0 Å². The summed E-state index contributed by atoms with van der Waals surface area (Å²) < 4.78 is 42.2. The lowest BCUT2D eigenvalue weighted by Gasteiger charge is -2.43. The minimum atomic E-state index is -3.66. The van der Waals surface area contributed by atoms with E-state index in [-0.39, 0.29) is 5.82 Å². The van der Waals surface area contributed by atoms with Crippen LogP contribution in [0.5, 0.6) is 0 Å². The van der Waals surface area contributed by atoms with E-state index < -0.39 is 15.6 Å². The molecule has 0 bridgehead atoms. The summed E-state index contributed by atoms with van der Waals surface area (Å²) in [4.78, 5) is 0.349. The second-order valence-corrected chi connectivity index (χ2v) is 8.40. The second-order valence-electron chi connectivity index (χ2n) is 6.78. The molecule has 0 spiro atoms. The van der Waals surface area contributed by atoms with Crippen molar-refractivity contribution in [3.8, 4) is 0 Å². The van der Waals surface area contributed by atoms with Gasteiger partial charge in [0.1, 0.15) is 5.82 Å². The lowest BCUT2D eigenvalue weighted by molar-refractivity contribution is 0.224. The molecular weight excluding hydrogens is 325 g/mol. The summed E-state index contributed by atoms with van der Waals surface area (Å²) in [7, 11) is -3.66. The molecular formula is C19H22FNO2S. The van der Waals surface area contributed by atoms with Crippen LogP contribution in [0.15, 0.2) is 41.3 Å². The van der Waals surface area contributed by atoms with Crippen molar-refractivity contribution in [2.45, 2.75) is 50.5 Å². The molecule has 5 heteroatoms. The van der Waals surface area contributed by atoms with E-state index in [9.17, 15) is 12.8 Å². The van der Waals surface area contributed by atoms with Crippen molar-refractivity contribution in [2.75, 3.05) is 0 Å². The minimum absolute atomic E-state index is 0.318. The van der Waals surface area contributed by atoms with Gasteiger partial charge in [-0.05, 0) is 68.9 Å². The van der Waals surface area contributed by atoms with E-state index in [1.807, 2.05) is 32.9 Å². The van der Waals surface area contributed by atoms with Gasteiger partial charge in [-0.3, -0.25) is 0 Å². The third-order valence-corrected chi connectivity index (χ3v) is 6.65. The van der Waals surface area contributed by atoms with Crippen molar-refractivity contribution >= 4 is 10.0 Å². The summed E-state index contributed by atoms with van der Waals surface area (Å²) in [6.45, 7) is 5.59. The first-order valence-electron chi connectivity index (χ1n) is 8.11. The number of hydrogen-bond acceptors (Lipinski definition) is 2. The van der Waals surface area contributed by atoms with Gasteiger partial charge in [0, 0.05) is 0 Å². The standard InChI is InChI=1S/C19H22FNO2S/c1-13-11-14(2)18(15(3)12-13)24(22,23)21-19(9-4-10-19)16-5-7-17(20)8-6-16/h5-8,11-12,21H,4,9-10H2,1-3H3. The molecule has 2 aromatic rings. The monoisotopic (exact) mass is 347 g/mol. The molecule has 1 aliphatic rings. The molecule has 0 amide bonds. The fourth-order valence-corrected chi connectivity index (χ4v) is 5.55.